The van der Waals surface area contributed by atoms with E-state index in [9.17, 15) is 16.8 Å². The molecule has 0 bridgehead atoms. The number of nitrogens with zero attached hydrogens (tertiary/aromatic N) is 1. The topological polar surface area (TPSA) is 71.5 Å². The molecule has 1 fully saturated rings. The van der Waals surface area contributed by atoms with Crippen molar-refractivity contribution in [3.8, 4) is 0 Å². The Morgan fingerprint density at radius 3 is 2.25 bits per heavy atom. The largest absolute Gasteiger partial charge is 0.252 e. The monoisotopic (exact) mass is 425 g/mol. The number of halogens is 2. The van der Waals surface area contributed by atoms with E-state index >= 15 is 0 Å². The SMILES string of the molecule is O=S(=O)(c1ccc(Cl)cc1)C1CCN(S(=O)(=O)c2ccc(Cl)s2)C1. The molecule has 0 saturated carbocycles. The molecule has 1 aromatic carbocycles. The van der Waals surface area contributed by atoms with Gasteiger partial charge in [-0.05, 0) is 42.8 Å². The van der Waals surface area contributed by atoms with E-state index in [1.54, 1.807) is 0 Å². The molecule has 3 rings (SSSR count). The van der Waals surface area contributed by atoms with Crippen LogP contribution in [-0.4, -0.2) is 39.5 Å². The van der Waals surface area contributed by atoms with Gasteiger partial charge in [0.25, 0.3) is 10.0 Å². The van der Waals surface area contributed by atoms with Crippen molar-refractivity contribution >= 4 is 54.4 Å². The van der Waals surface area contributed by atoms with Gasteiger partial charge in [0.1, 0.15) is 4.21 Å². The van der Waals surface area contributed by atoms with E-state index in [-0.39, 0.29) is 28.6 Å². The van der Waals surface area contributed by atoms with Gasteiger partial charge in [-0.3, -0.25) is 0 Å². The number of hydrogen-bond acceptors (Lipinski definition) is 5. The zero-order valence-electron chi connectivity index (χ0n) is 12.2. The summed E-state index contributed by atoms with van der Waals surface area (Å²) in [6.07, 6.45) is 0.253. The van der Waals surface area contributed by atoms with Gasteiger partial charge in [0.2, 0.25) is 0 Å². The Bertz CT molecular complexity index is 952. The van der Waals surface area contributed by atoms with Crippen LogP contribution in [0.1, 0.15) is 6.42 Å². The maximum absolute atomic E-state index is 12.7. The first-order chi connectivity index (χ1) is 11.2. The highest BCUT2D eigenvalue weighted by Gasteiger charge is 2.40. The maximum Gasteiger partial charge on any atom is 0.252 e. The minimum atomic E-state index is -3.72. The summed E-state index contributed by atoms with van der Waals surface area (Å²) in [4.78, 5) is 0.148. The van der Waals surface area contributed by atoms with Crippen molar-refractivity contribution in [1.29, 1.82) is 0 Å². The first-order valence-corrected chi connectivity index (χ1v) is 11.5. The smallest absolute Gasteiger partial charge is 0.223 e. The quantitative estimate of drug-likeness (QED) is 0.752. The molecule has 10 heteroatoms. The lowest BCUT2D eigenvalue weighted by atomic mass is 10.4. The molecule has 2 aromatic rings. The Morgan fingerprint density at radius 1 is 1.00 bits per heavy atom. The van der Waals surface area contributed by atoms with Crippen LogP contribution in [0, 0.1) is 0 Å². The number of sulfone groups is 1. The minimum absolute atomic E-state index is 0.0667. The van der Waals surface area contributed by atoms with Gasteiger partial charge in [-0.2, -0.15) is 4.31 Å². The third-order valence-electron chi connectivity index (χ3n) is 3.83. The zero-order chi connectivity index (χ0) is 17.5. The van der Waals surface area contributed by atoms with E-state index in [2.05, 4.69) is 0 Å². The molecule has 1 aliphatic rings. The summed E-state index contributed by atoms with van der Waals surface area (Å²) >= 11 is 12.5. The summed E-state index contributed by atoms with van der Waals surface area (Å²) in [6.45, 7) is 0.0954. The molecule has 0 aliphatic carbocycles. The summed E-state index contributed by atoms with van der Waals surface area (Å²) in [6, 6.07) is 8.83. The Labute approximate surface area is 154 Å². The number of benzene rings is 1. The molecule has 1 aliphatic heterocycles. The second kappa shape index (κ2) is 6.59. The van der Waals surface area contributed by atoms with Gasteiger partial charge in [0.15, 0.2) is 9.84 Å². The summed E-state index contributed by atoms with van der Waals surface area (Å²) in [5.41, 5.74) is 0. The second-order valence-corrected chi connectivity index (χ2v) is 11.9. The van der Waals surface area contributed by atoms with E-state index in [0.29, 0.717) is 9.36 Å². The van der Waals surface area contributed by atoms with Crippen molar-refractivity contribution in [3.05, 3.63) is 45.8 Å². The van der Waals surface area contributed by atoms with E-state index in [1.165, 1.54) is 40.7 Å². The highest BCUT2D eigenvalue weighted by molar-refractivity contribution is 7.92. The molecule has 0 spiro atoms. The van der Waals surface area contributed by atoms with Crippen LogP contribution in [0.15, 0.2) is 45.5 Å². The van der Waals surface area contributed by atoms with Crippen LogP contribution in [0.2, 0.25) is 9.36 Å². The summed E-state index contributed by atoms with van der Waals surface area (Å²) in [5, 5.41) is -0.331. The molecule has 0 N–H and O–H groups in total. The fourth-order valence-electron chi connectivity index (χ4n) is 2.55. The Hall–Kier alpha value is -0.640. The van der Waals surface area contributed by atoms with E-state index in [1.807, 2.05) is 0 Å². The number of thiophene rings is 1. The van der Waals surface area contributed by atoms with Crippen LogP contribution in [-0.2, 0) is 19.9 Å². The first-order valence-electron chi connectivity index (χ1n) is 6.96. The highest BCUT2D eigenvalue weighted by atomic mass is 35.5. The average Bonchev–Trinajstić information content (AvgIpc) is 3.17. The minimum Gasteiger partial charge on any atom is -0.223 e. The fourth-order valence-corrected chi connectivity index (χ4v) is 7.60. The van der Waals surface area contributed by atoms with Crippen LogP contribution in [0.4, 0.5) is 0 Å². The summed E-state index contributed by atoms with van der Waals surface area (Å²) in [7, 11) is -7.33. The second-order valence-electron chi connectivity index (χ2n) is 5.33. The van der Waals surface area contributed by atoms with Gasteiger partial charge in [0, 0.05) is 18.1 Å². The van der Waals surface area contributed by atoms with Gasteiger partial charge < -0.3 is 0 Å². The van der Waals surface area contributed by atoms with Gasteiger partial charge >= 0.3 is 0 Å². The van der Waals surface area contributed by atoms with Crippen LogP contribution in [0.5, 0.6) is 0 Å². The molecule has 130 valence electrons. The van der Waals surface area contributed by atoms with Gasteiger partial charge in [0.05, 0.1) is 14.5 Å². The van der Waals surface area contributed by atoms with Crippen LogP contribution in [0.3, 0.4) is 0 Å². The molecule has 1 unspecified atom stereocenters. The predicted octanol–water partition coefficient (Wildman–Crippen LogP) is 3.29. The van der Waals surface area contributed by atoms with Crippen LogP contribution < -0.4 is 0 Å². The molecular weight excluding hydrogens is 413 g/mol. The molecular formula is C14H13Cl2NO4S3. The molecule has 5 nitrogen and oxygen atoms in total. The van der Waals surface area contributed by atoms with E-state index < -0.39 is 25.1 Å². The first kappa shape index (κ1) is 18.2. The number of rotatable bonds is 4. The van der Waals surface area contributed by atoms with Crippen molar-refractivity contribution in [2.24, 2.45) is 0 Å². The lowest BCUT2D eigenvalue weighted by molar-refractivity contribution is 0.478. The maximum atomic E-state index is 12.7. The molecule has 1 atom stereocenters. The third-order valence-corrected chi connectivity index (χ3v) is 9.84. The Kier molecular flexibility index (Phi) is 4.98. The molecule has 24 heavy (non-hydrogen) atoms. The fraction of sp³-hybridized carbons (Fsp3) is 0.286. The van der Waals surface area contributed by atoms with Crippen LogP contribution >= 0.6 is 34.5 Å². The summed E-state index contributed by atoms with van der Waals surface area (Å²) < 4.78 is 52.2. The lowest BCUT2D eigenvalue weighted by Crippen LogP contribution is -2.31. The van der Waals surface area contributed by atoms with Crippen LogP contribution in [0.25, 0.3) is 0 Å². The van der Waals surface area contributed by atoms with Crippen molar-refractivity contribution in [3.63, 3.8) is 0 Å². The predicted molar refractivity (Wildman–Crippen MR) is 95.1 cm³/mol. The standard InChI is InChI=1S/C14H13Cl2NO4S3/c15-10-1-3-11(4-2-10)23(18,19)12-7-8-17(9-12)24(20,21)14-6-5-13(16)22-14/h1-6,12H,7-9H2. The molecule has 1 aromatic heterocycles. The normalized spacial score (nSPS) is 19.7. The average molecular weight is 426 g/mol. The van der Waals surface area contributed by atoms with Gasteiger partial charge in [-0.15, -0.1) is 11.3 Å². The molecule has 2 heterocycles. The number of sulfonamides is 1. The highest BCUT2D eigenvalue weighted by Crippen LogP contribution is 2.32. The van der Waals surface area contributed by atoms with Crippen molar-refractivity contribution < 1.29 is 16.8 Å². The van der Waals surface area contributed by atoms with E-state index in [0.717, 1.165) is 11.3 Å². The molecule has 0 amide bonds. The van der Waals surface area contributed by atoms with Crippen molar-refractivity contribution in [2.75, 3.05) is 13.1 Å². The van der Waals surface area contributed by atoms with Crippen molar-refractivity contribution in [1.82, 2.24) is 4.31 Å². The lowest BCUT2D eigenvalue weighted by Gasteiger charge is -2.15. The number of hydrogen-bond donors (Lipinski definition) is 0. The molecule has 0 radical (unpaired) electrons. The zero-order valence-corrected chi connectivity index (χ0v) is 16.2. The molecule has 1 saturated heterocycles. The van der Waals surface area contributed by atoms with Gasteiger partial charge in [-0.1, -0.05) is 23.2 Å². The van der Waals surface area contributed by atoms with E-state index in [4.69, 9.17) is 23.2 Å². The third kappa shape index (κ3) is 3.36. The Balaban J connectivity index is 1.83. The van der Waals surface area contributed by atoms with Gasteiger partial charge in [-0.25, -0.2) is 16.8 Å². The Morgan fingerprint density at radius 2 is 1.67 bits per heavy atom. The summed E-state index contributed by atoms with van der Waals surface area (Å²) in [5.74, 6) is 0. The van der Waals surface area contributed by atoms with Crippen molar-refractivity contribution in [2.45, 2.75) is 20.8 Å².